The Hall–Kier alpha value is -1.36. The Morgan fingerprint density at radius 1 is 1.16 bits per heavy atom. The van der Waals surface area contributed by atoms with Crippen LogP contribution >= 0.6 is 7.82 Å². The zero-order chi connectivity index (χ0) is 14.3. The zero-order valence-electron chi connectivity index (χ0n) is 11.1. The SMILES string of the molecule is CCOP(=O)(OCC)Oc1ccc(C=O)cc1OC. The van der Waals surface area contributed by atoms with Crippen molar-refractivity contribution in [1.29, 1.82) is 0 Å². The number of carbonyl (C=O) groups excluding carboxylic acids is 1. The molecule has 106 valence electrons. The Kier molecular flexibility index (Phi) is 6.02. The van der Waals surface area contributed by atoms with E-state index in [9.17, 15) is 9.36 Å². The number of hydrogen-bond acceptors (Lipinski definition) is 6. The van der Waals surface area contributed by atoms with Crippen LogP contribution in [-0.2, 0) is 13.6 Å². The molecule has 0 radical (unpaired) electrons. The second-order valence-corrected chi connectivity index (χ2v) is 5.00. The van der Waals surface area contributed by atoms with E-state index in [0.29, 0.717) is 11.8 Å². The lowest BCUT2D eigenvalue weighted by Gasteiger charge is -2.18. The summed E-state index contributed by atoms with van der Waals surface area (Å²) < 4.78 is 32.6. The van der Waals surface area contributed by atoms with Gasteiger partial charge in [0.05, 0.1) is 20.3 Å². The molecule has 0 aliphatic heterocycles. The van der Waals surface area contributed by atoms with Crippen molar-refractivity contribution in [2.45, 2.75) is 13.8 Å². The van der Waals surface area contributed by atoms with Crippen molar-refractivity contribution in [3.8, 4) is 11.5 Å². The summed E-state index contributed by atoms with van der Waals surface area (Å²) in [6.07, 6.45) is 0.678. The standard InChI is InChI=1S/C12H17O6P/c1-4-16-19(14,17-5-2)18-11-7-6-10(9-13)8-12(11)15-3/h6-9H,4-5H2,1-3H3. The molecule has 6 nitrogen and oxygen atoms in total. The fourth-order valence-corrected chi connectivity index (χ4v) is 2.56. The highest BCUT2D eigenvalue weighted by Gasteiger charge is 2.28. The number of carbonyl (C=O) groups is 1. The van der Waals surface area contributed by atoms with Gasteiger partial charge in [-0.05, 0) is 32.0 Å². The maximum Gasteiger partial charge on any atom is 0.530 e. The van der Waals surface area contributed by atoms with Crippen LogP contribution in [0.5, 0.6) is 11.5 Å². The van der Waals surface area contributed by atoms with E-state index in [4.69, 9.17) is 18.3 Å². The van der Waals surface area contributed by atoms with Gasteiger partial charge in [-0.25, -0.2) is 4.57 Å². The van der Waals surface area contributed by atoms with Gasteiger partial charge < -0.3 is 9.26 Å². The van der Waals surface area contributed by atoms with E-state index in [1.807, 2.05) is 0 Å². The van der Waals surface area contributed by atoms with Gasteiger partial charge >= 0.3 is 7.82 Å². The number of phosphoric ester groups is 1. The van der Waals surface area contributed by atoms with Crippen molar-refractivity contribution in [1.82, 2.24) is 0 Å². The average Bonchev–Trinajstić information content (AvgIpc) is 2.39. The average molecular weight is 288 g/mol. The molecule has 1 aromatic carbocycles. The molecular formula is C12H17O6P. The summed E-state index contributed by atoms with van der Waals surface area (Å²) in [4.78, 5) is 10.7. The number of benzene rings is 1. The lowest BCUT2D eigenvalue weighted by atomic mass is 10.2. The lowest BCUT2D eigenvalue weighted by molar-refractivity contribution is 0.112. The first-order valence-electron chi connectivity index (χ1n) is 5.80. The predicted molar refractivity (Wildman–Crippen MR) is 69.9 cm³/mol. The fourth-order valence-electron chi connectivity index (χ4n) is 1.36. The predicted octanol–water partition coefficient (Wildman–Crippen LogP) is 3.07. The first-order valence-corrected chi connectivity index (χ1v) is 7.26. The minimum Gasteiger partial charge on any atom is -0.493 e. The lowest BCUT2D eigenvalue weighted by Crippen LogP contribution is -2.03. The summed E-state index contributed by atoms with van der Waals surface area (Å²) in [6, 6.07) is 4.48. The number of methoxy groups -OCH3 is 1. The normalized spacial score (nSPS) is 11.1. The van der Waals surface area contributed by atoms with Crippen LogP contribution in [0.1, 0.15) is 24.2 Å². The molecule has 0 unspecified atom stereocenters. The van der Waals surface area contributed by atoms with Crippen molar-refractivity contribution in [3.05, 3.63) is 23.8 Å². The van der Waals surface area contributed by atoms with Crippen LogP contribution in [0.2, 0.25) is 0 Å². The van der Waals surface area contributed by atoms with Crippen molar-refractivity contribution >= 4 is 14.1 Å². The second kappa shape index (κ2) is 7.28. The number of rotatable bonds is 8. The van der Waals surface area contributed by atoms with E-state index in [2.05, 4.69) is 0 Å². The maximum absolute atomic E-state index is 12.2. The molecule has 0 aliphatic carbocycles. The molecule has 0 bridgehead atoms. The molecule has 0 spiro atoms. The Labute approximate surface area is 112 Å². The molecule has 7 heteroatoms. The van der Waals surface area contributed by atoms with Crippen LogP contribution in [0.3, 0.4) is 0 Å². The minimum atomic E-state index is -3.67. The largest absolute Gasteiger partial charge is 0.530 e. The van der Waals surface area contributed by atoms with Crippen molar-refractivity contribution in [2.24, 2.45) is 0 Å². The van der Waals surface area contributed by atoms with Gasteiger partial charge in [0.15, 0.2) is 11.5 Å². The molecule has 0 heterocycles. The maximum atomic E-state index is 12.2. The molecule has 0 fully saturated rings. The summed E-state index contributed by atoms with van der Waals surface area (Å²) in [6.45, 7) is 3.74. The third kappa shape index (κ3) is 4.35. The number of aldehydes is 1. The summed E-state index contributed by atoms with van der Waals surface area (Å²) in [7, 11) is -2.25. The van der Waals surface area contributed by atoms with Gasteiger partial charge in [0.1, 0.15) is 6.29 Å². The van der Waals surface area contributed by atoms with E-state index in [-0.39, 0.29) is 24.7 Å². The van der Waals surface area contributed by atoms with Crippen molar-refractivity contribution in [2.75, 3.05) is 20.3 Å². The van der Waals surface area contributed by atoms with E-state index >= 15 is 0 Å². The Balaban J connectivity index is 3.02. The summed E-state index contributed by atoms with van der Waals surface area (Å²) in [5.41, 5.74) is 0.423. The number of ether oxygens (including phenoxy) is 1. The van der Waals surface area contributed by atoms with Crippen LogP contribution in [-0.4, -0.2) is 26.6 Å². The zero-order valence-corrected chi connectivity index (χ0v) is 12.0. The smallest absolute Gasteiger partial charge is 0.493 e. The topological polar surface area (TPSA) is 71.1 Å². The summed E-state index contributed by atoms with van der Waals surface area (Å²) >= 11 is 0. The van der Waals surface area contributed by atoms with Gasteiger partial charge in [0.25, 0.3) is 0 Å². The van der Waals surface area contributed by atoms with Gasteiger partial charge in [0.2, 0.25) is 0 Å². The number of phosphoric acid groups is 1. The quantitative estimate of drug-likeness (QED) is 0.541. The van der Waals surface area contributed by atoms with Crippen LogP contribution in [0.15, 0.2) is 18.2 Å². The van der Waals surface area contributed by atoms with Gasteiger partial charge in [-0.1, -0.05) is 0 Å². The van der Waals surface area contributed by atoms with Crippen molar-refractivity contribution < 1.29 is 27.7 Å². The molecule has 0 atom stereocenters. The van der Waals surface area contributed by atoms with E-state index in [1.165, 1.54) is 25.3 Å². The summed E-state index contributed by atoms with van der Waals surface area (Å²) in [5, 5.41) is 0. The molecule has 19 heavy (non-hydrogen) atoms. The molecule has 0 saturated heterocycles. The second-order valence-electron chi connectivity index (χ2n) is 3.40. The molecule has 0 aliphatic rings. The van der Waals surface area contributed by atoms with Gasteiger partial charge in [-0.15, -0.1) is 0 Å². The molecular weight excluding hydrogens is 271 g/mol. The molecule has 0 saturated carbocycles. The Morgan fingerprint density at radius 3 is 2.26 bits per heavy atom. The molecule has 1 aromatic rings. The highest BCUT2D eigenvalue weighted by Crippen LogP contribution is 2.51. The Bertz CT molecular complexity index is 463. The van der Waals surface area contributed by atoms with E-state index in [0.717, 1.165) is 0 Å². The molecule has 0 aromatic heterocycles. The van der Waals surface area contributed by atoms with E-state index < -0.39 is 7.82 Å². The molecule has 0 amide bonds. The van der Waals surface area contributed by atoms with E-state index in [1.54, 1.807) is 13.8 Å². The highest BCUT2D eigenvalue weighted by molar-refractivity contribution is 7.48. The van der Waals surface area contributed by atoms with Crippen LogP contribution in [0, 0.1) is 0 Å². The number of hydrogen-bond donors (Lipinski definition) is 0. The van der Waals surface area contributed by atoms with Crippen LogP contribution < -0.4 is 9.26 Å². The monoisotopic (exact) mass is 288 g/mol. The van der Waals surface area contributed by atoms with Gasteiger partial charge in [-0.2, -0.15) is 0 Å². The summed E-state index contributed by atoms with van der Waals surface area (Å²) in [5.74, 6) is 0.475. The third-order valence-corrected chi connectivity index (χ3v) is 3.68. The van der Waals surface area contributed by atoms with Crippen LogP contribution in [0.4, 0.5) is 0 Å². The molecule has 1 rings (SSSR count). The van der Waals surface area contributed by atoms with Crippen molar-refractivity contribution in [3.63, 3.8) is 0 Å². The fraction of sp³-hybridized carbons (Fsp3) is 0.417. The first-order chi connectivity index (χ1) is 9.08. The highest BCUT2D eigenvalue weighted by atomic mass is 31.2. The van der Waals surface area contributed by atoms with Crippen LogP contribution in [0.25, 0.3) is 0 Å². The van der Waals surface area contributed by atoms with Gasteiger partial charge in [-0.3, -0.25) is 13.8 Å². The minimum absolute atomic E-state index is 0.187. The third-order valence-electron chi connectivity index (χ3n) is 2.11. The Morgan fingerprint density at radius 2 is 1.79 bits per heavy atom. The van der Waals surface area contributed by atoms with Gasteiger partial charge in [0, 0.05) is 5.56 Å². The molecule has 0 N–H and O–H groups in total. The first kappa shape index (κ1) is 15.7.